The Morgan fingerprint density at radius 3 is 2.44 bits per heavy atom. The highest BCUT2D eigenvalue weighted by Crippen LogP contribution is 2.12. The van der Waals surface area contributed by atoms with Crippen LogP contribution in [-0.4, -0.2) is 29.2 Å². The molecule has 0 bridgehead atoms. The van der Waals surface area contributed by atoms with Gasteiger partial charge in [0.2, 0.25) is 5.56 Å². The van der Waals surface area contributed by atoms with Gasteiger partial charge in [0.25, 0.3) is 5.91 Å². The number of aliphatic imine (C=N–C) groups is 1. The minimum Gasteiger partial charge on any atom is -0.381 e. The van der Waals surface area contributed by atoms with Crippen molar-refractivity contribution in [2.24, 2.45) is 4.99 Å². The summed E-state index contributed by atoms with van der Waals surface area (Å²) in [5.74, 6) is 1.47. The normalized spacial score (nSPS) is 11.3. The van der Waals surface area contributed by atoms with Crippen molar-refractivity contribution in [2.75, 3.05) is 11.6 Å². The van der Waals surface area contributed by atoms with Crippen LogP contribution in [0.3, 0.4) is 0 Å². The maximum Gasteiger partial charge on any atom is 0.274 e. The third-order valence-electron chi connectivity index (χ3n) is 5.21. The van der Waals surface area contributed by atoms with Gasteiger partial charge < -0.3 is 10.3 Å². The molecule has 1 amide bonds. The van der Waals surface area contributed by atoms with E-state index in [1.54, 1.807) is 18.5 Å². The van der Waals surface area contributed by atoms with E-state index in [2.05, 4.69) is 52.3 Å². The standard InChI is InChI=1S/C26H35N3O2S/c1-27-26(31)24(18-23-15-16-29-25(30)19-23)20-28-21-32-17-11-6-4-2-3-5-8-12-22-13-9-7-10-14-22/h7,9-10,13-16,19-20,28H,1-6,8,11-12,17-18,21H2,(H,29,30)/b24-20-. The molecule has 0 atom stereocenters. The molecular weight excluding hydrogens is 418 g/mol. The Morgan fingerprint density at radius 2 is 1.72 bits per heavy atom. The molecule has 0 radical (unpaired) electrons. The summed E-state index contributed by atoms with van der Waals surface area (Å²) in [6.45, 7) is 3.32. The fourth-order valence-corrected chi connectivity index (χ4v) is 4.22. The van der Waals surface area contributed by atoms with Crippen LogP contribution in [0.1, 0.15) is 56.1 Å². The topological polar surface area (TPSA) is 74.3 Å². The van der Waals surface area contributed by atoms with E-state index in [9.17, 15) is 9.59 Å². The Balaban J connectivity index is 1.50. The number of benzene rings is 1. The molecule has 2 N–H and O–H groups in total. The number of H-pyrrole nitrogens is 1. The first-order valence-corrected chi connectivity index (χ1v) is 12.6. The van der Waals surface area contributed by atoms with Gasteiger partial charge in [0.15, 0.2) is 0 Å². The molecule has 5 nitrogen and oxygen atoms in total. The highest BCUT2D eigenvalue weighted by molar-refractivity contribution is 7.99. The van der Waals surface area contributed by atoms with Crippen LogP contribution in [-0.2, 0) is 17.6 Å². The monoisotopic (exact) mass is 453 g/mol. The number of aromatic amines is 1. The molecule has 0 aliphatic rings. The van der Waals surface area contributed by atoms with Gasteiger partial charge >= 0.3 is 0 Å². The molecule has 6 heteroatoms. The lowest BCUT2D eigenvalue weighted by atomic mass is 10.0. The molecule has 0 aliphatic carbocycles. The fraction of sp³-hybridized carbons (Fsp3) is 0.423. The third kappa shape index (κ3) is 11.1. The number of nitrogens with one attached hydrogen (secondary N) is 2. The highest BCUT2D eigenvalue weighted by Gasteiger charge is 2.08. The first-order valence-electron chi connectivity index (χ1n) is 11.4. The lowest BCUT2D eigenvalue weighted by Gasteiger charge is -2.06. The van der Waals surface area contributed by atoms with Crippen molar-refractivity contribution in [1.82, 2.24) is 10.3 Å². The molecular formula is C26H35N3O2S. The third-order valence-corrected chi connectivity index (χ3v) is 6.16. The number of aromatic nitrogens is 1. The van der Waals surface area contributed by atoms with Gasteiger partial charge in [-0.15, -0.1) is 11.8 Å². The number of thioether (sulfide) groups is 1. The van der Waals surface area contributed by atoms with Crippen LogP contribution in [0.5, 0.6) is 0 Å². The molecule has 1 aromatic heterocycles. The number of pyridine rings is 1. The summed E-state index contributed by atoms with van der Waals surface area (Å²) in [6, 6.07) is 14.0. The van der Waals surface area contributed by atoms with E-state index in [-0.39, 0.29) is 11.5 Å². The van der Waals surface area contributed by atoms with Gasteiger partial charge in [-0.05, 0) is 48.9 Å². The summed E-state index contributed by atoms with van der Waals surface area (Å²) in [6.07, 6.45) is 13.9. The first-order chi connectivity index (χ1) is 15.7. The van der Waals surface area contributed by atoms with Gasteiger partial charge in [0.1, 0.15) is 0 Å². The second kappa shape index (κ2) is 16.1. The van der Waals surface area contributed by atoms with Crippen LogP contribution in [0, 0.1) is 0 Å². The average Bonchev–Trinajstić information content (AvgIpc) is 2.81. The average molecular weight is 454 g/mol. The smallest absolute Gasteiger partial charge is 0.274 e. The largest absolute Gasteiger partial charge is 0.381 e. The van der Waals surface area contributed by atoms with Crippen molar-refractivity contribution in [3.63, 3.8) is 0 Å². The first kappa shape index (κ1) is 25.7. The minimum atomic E-state index is -0.369. The van der Waals surface area contributed by atoms with E-state index in [1.165, 1.54) is 63.0 Å². The van der Waals surface area contributed by atoms with Crippen LogP contribution in [0.4, 0.5) is 0 Å². The zero-order valence-electron chi connectivity index (χ0n) is 18.9. The van der Waals surface area contributed by atoms with Crippen LogP contribution in [0.2, 0.25) is 0 Å². The number of amides is 1. The van der Waals surface area contributed by atoms with Crippen molar-refractivity contribution in [3.8, 4) is 0 Å². The van der Waals surface area contributed by atoms with Crippen molar-refractivity contribution in [2.45, 2.75) is 57.8 Å². The second-order valence-corrected chi connectivity index (χ2v) is 8.94. The number of unbranched alkanes of at least 4 members (excludes halogenated alkanes) is 6. The van der Waals surface area contributed by atoms with E-state index in [4.69, 9.17) is 0 Å². The number of aryl methyl sites for hydroxylation is 1. The van der Waals surface area contributed by atoms with Gasteiger partial charge in [-0.3, -0.25) is 9.59 Å². The Bertz CT molecular complexity index is 893. The van der Waals surface area contributed by atoms with Gasteiger partial charge in [0.05, 0.1) is 5.88 Å². The molecule has 0 aliphatic heterocycles. The Labute approximate surface area is 195 Å². The maximum absolute atomic E-state index is 12.0. The minimum absolute atomic E-state index is 0.184. The van der Waals surface area contributed by atoms with Crippen molar-refractivity contribution in [3.05, 3.63) is 81.9 Å². The quantitative estimate of drug-likeness (QED) is 0.157. The highest BCUT2D eigenvalue weighted by atomic mass is 32.2. The van der Waals surface area contributed by atoms with E-state index < -0.39 is 0 Å². The Morgan fingerprint density at radius 1 is 1.00 bits per heavy atom. The molecule has 0 spiro atoms. The SMILES string of the molecule is C=NC(=O)/C(=C\NCSCCCCCCCCCc1ccccc1)Cc1cc[nH]c(=O)c1. The van der Waals surface area contributed by atoms with Gasteiger partial charge in [-0.1, -0.05) is 62.4 Å². The molecule has 2 aromatic rings. The van der Waals surface area contributed by atoms with Crippen LogP contribution >= 0.6 is 11.8 Å². The molecule has 2 rings (SSSR count). The van der Waals surface area contributed by atoms with Crippen LogP contribution in [0.25, 0.3) is 0 Å². The molecule has 1 heterocycles. The fourth-order valence-electron chi connectivity index (χ4n) is 3.47. The van der Waals surface area contributed by atoms with Gasteiger partial charge in [-0.25, -0.2) is 4.99 Å². The zero-order valence-corrected chi connectivity index (χ0v) is 19.7. The number of carbonyl (C=O) groups excluding carboxylic acids is 1. The predicted molar refractivity (Wildman–Crippen MR) is 136 cm³/mol. The van der Waals surface area contributed by atoms with Crippen molar-refractivity contribution >= 4 is 24.4 Å². The van der Waals surface area contributed by atoms with E-state index in [0.717, 1.165) is 17.2 Å². The van der Waals surface area contributed by atoms with Gasteiger partial charge in [-0.2, -0.15) is 0 Å². The Hall–Kier alpha value is -2.60. The molecule has 32 heavy (non-hydrogen) atoms. The van der Waals surface area contributed by atoms with Crippen molar-refractivity contribution < 1.29 is 4.79 Å². The molecule has 1 aromatic carbocycles. The van der Waals surface area contributed by atoms with Gasteiger partial charge in [0, 0.05) is 30.5 Å². The maximum atomic E-state index is 12.0. The van der Waals surface area contributed by atoms with Crippen molar-refractivity contribution in [1.29, 1.82) is 0 Å². The Kier molecular flexibility index (Phi) is 12.9. The number of nitrogens with zero attached hydrogens (tertiary/aromatic N) is 1. The predicted octanol–water partition coefficient (Wildman–Crippen LogP) is 5.28. The number of hydrogen-bond acceptors (Lipinski definition) is 4. The molecule has 0 unspecified atom stereocenters. The van der Waals surface area contributed by atoms with E-state index in [0.29, 0.717) is 12.0 Å². The summed E-state index contributed by atoms with van der Waals surface area (Å²) in [5.41, 5.74) is 2.53. The van der Waals surface area contributed by atoms with Crippen LogP contribution in [0.15, 0.2) is 70.2 Å². The second-order valence-electron chi connectivity index (χ2n) is 7.84. The lowest BCUT2D eigenvalue weighted by Crippen LogP contribution is -2.12. The van der Waals surface area contributed by atoms with E-state index in [1.807, 2.05) is 11.8 Å². The summed E-state index contributed by atoms with van der Waals surface area (Å²) >= 11 is 1.82. The number of rotatable bonds is 16. The zero-order chi connectivity index (χ0) is 22.9. The summed E-state index contributed by atoms with van der Waals surface area (Å²) < 4.78 is 0. The molecule has 0 saturated carbocycles. The van der Waals surface area contributed by atoms with E-state index >= 15 is 0 Å². The molecule has 0 saturated heterocycles. The van der Waals surface area contributed by atoms with Crippen LogP contribution < -0.4 is 10.9 Å². The lowest BCUT2D eigenvalue weighted by molar-refractivity contribution is -0.114. The molecule has 0 fully saturated rings. The molecule has 172 valence electrons. The summed E-state index contributed by atoms with van der Waals surface area (Å²) in [5, 5.41) is 3.18. The number of hydrogen-bond donors (Lipinski definition) is 2. The number of carbonyl (C=O) groups is 1. The summed E-state index contributed by atoms with van der Waals surface area (Å²) in [4.78, 5) is 29.5. The summed E-state index contributed by atoms with van der Waals surface area (Å²) in [7, 11) is 0.